The minimum Gasteiger partial charge on any atom is -0.330 e. The fraction of sp³-hybridized carbons (Fsp3) is 0.357. The average molecular weight is 227 g/mol. The lowest BCUT2D eigenvalue weighted by Crippen LogP contribution is -2.11. The van der Waals surface area contributed by atoms with Crippen molar-refractivity contribution in [2.45, 2.75) is 25.9 Å². The van der Waals surface area contributed by atoms with E-state index in [1.807, 2.05) is 13.1 Å². The van der Waals surface area contributed by atoms with Crippen molar-refractivity contribution in [2.75, 3.05) is 7.05 Å². The molecule has 0 saturated carbocycles. The van der Waals surface area contributed by atoms with E-state index in [2.05, 4.69) is 34.1 Å². The third-order valence-corrected chi connectivity index (χ3v) is 3.33. The van der Waals surface area contributed by atoms with Gasteiger partial charge in [-0.2, -0.15) is 0 Å². The molecule has 2 aromatic rings. The highest BCUT2D eigenvalue weighted by molar-refractivity contribution is 5.62. The van der Waals surface area contributed by atoms with Crippen molar-refractivity contribution in [2.24, 2.45) is 0 Å². The molecule has 0 spiro atoms. The number of nitrogens with zero attached hydrogens (tertiary/aromatic N) is 2. The van der Waals surface area contributed by atoms with Crippen LogP contribution in [0.15, 0.2) is 30.3 Å². The number of rotatable bonds is 3. The highest BCUT2D eigenvalue weighted by Gasteiger charge is 2.21. The van der Waals surface area contributed by atoms with Gasteiger partial charge in [0.15, 0.2) is 0 Å². The third kappa shape index (κ3) is 1.76. The minimum absolute atomic E-state index is 0.847. The van der Waals surface area contributed by atoms with Crippen LogP contribution in [-0.4, -0.2) is 16.6 Å². The van der Waals surface area contributed by atoms with E-state index in [1.54, 1.807) is 0 Å². The van der Waals surface area contributed by atoms with Crippen LogP contribution in [0.1, 0.15) is 17.9 Å². The summed E-state index contributed by atoms with van der Waals surface area (Å²) in [7, 11) is 1.97. The van der Waals surface area contributed by atoms with Crippen molar-refractivity contribution < 1.29 is 0 Å². The Labute approximate surface area is 101 Å². The van der Waals surface area contributed by atoms with Gasteiger partial charge in [0.2, 0.25) is 0 Å². The second kappa shape index (κ2) is 4.34. The summed E-state index contributed by atoms with van der Waals surface area (Å²) in [4.78, 5) is 4.79. The SMILES string of the molecule is CNCc1nc(-c2ccccc2)c2n1CCC2. The number of aromatic nitrogens is 2. The molecule has 3 heteroatoms. The van der Waals surface area contributed by atoms with Gasteiger partial charge in [0.1, 0.15) is 5.82 Å². The number of fused-ring (bicyclic) bond motifs is 1. The lowest BCUT2D eigenvalue weighted by atomic mass is 10.1. The molecule has 1 N–H and O–H groups in total. The summed E-state index contributed by atoms with van der Waals surface area (Å²) >= 11 is 0. The van der Waals surface area contributed by atoms with Crippen molar-refractivity contribution in [3.05, 3.63) is 41.9 Å². The van der Waals surface area contributed by atoms with Crippen LogP contribution in [0.25, 0.3) is 11.3 Å². The molecule has 0 saturated heterocycles. The Bertz CT molecular complexity index is 514. The van der Waals surface area contributed by atoms with Crippen LogP contribution in [-0.2, 0) is 19.5 Å². The van der Waals surface area contributed by atoms with E-state index < -0.39 is 0 Å². The molecule has 0 fully saturated rings. The Balaban J connectivity index is 2.09. The van der Waals surface area contributed by atoms with E-state index in [-0.39, 0.29) is 0 Å². The van der Waals surface area contributed by atoms with Crippen molar-refractivity contribution in [1.29, 1.82) is 0 Å². The van der Waals surface area contributed by atoms with Gasteiger partial charge in [-0.25, -0.2) is 4.98 Å². The zero-order valence-corrected chi connectivity index (χ0v) is 10.1. The number of hydrogen-bond donors (Lipinski definition) is 1. The molecule has 1 aliphatic heterocycles. The second-order valence-corrected chi connectivity index (χ2v) is 4.47. The Kier molecular flexibility index (Phi) is 2.69. The maximum absolute atomic E-state index is 4.79. The summed E-state index contributed by atoms with van der Waals surface area (Å²) in [6, 6.07) is 10.5. The van der Waals surface area contributed by atoms with Crippen molar-refractivity contribution in [3.8, 4) is 11.3 Å². The maximum atomic E-state index is 4.79. The molecule has 1 aromatic heterocycles. The third-order valence-electron chi connectivity index (χ3n) is 3.33. The highest BCUT2D eigenvalue weighted by atomic mass is 15.1. The molecular weight excluding hydrogens is 210 g/mol. The summed E-state index contributed by atoms with van der Waals surface area (Å²) in [5, 5.41) is 3.20. The first-order chi connectivity index (χ1) is 8.40. The summed E-state index contributed by atoms with van der Waals surface area (Å²) in [6.07, 6.45) is 2.40. The monoisotopic (exact) mass is 227 g/mol. The van der Waals surface area contributed by atoms with E-state index in [4.69, 9.17) is 4.98 Å². The Morgan fingerprint density at radius 3 is 2.88 bits per heavy atom. The predicted molar refractivity (Wildman–Crippen MR) is 68.7 cm³/mol. The quantitative estimate of drug-likeness (QED) is 0.871. The molecule has 0 unspecified atom stereocenters. The zero-order valence-electron chi connectivity index (χ0n) is 10.1. The molecule has 0 atom stereocenters. The van der Waals surface area contributed by atoms with Gasteiger partial charge in [-0.1, -0.05) is 30.3 Å². The number of benzene rings is 1. The molecular formula is C14H17N3. The largest absolute Gasteiger partial charge is 0.330 e. The number of hydrogen-bond acceptors (Lipinski definition) is 2. The first-order valence-corrected chi connectivity index (χ1v) is 6.18. The van der Waals surface area contributed by atoms with Gasteiger partial charge in [0, 0.05) is 17.8 Å². The summed E-state index contributed by atoms with van der Waals surface area (Å²) in [5.41, 5.74) is 3.82. The van der Waals surface area contributed by atoms with Crippen LogP contribution < -0.4 is 5.32 Å². The van der Waals surface area contributed by atoms with Gasteiger partial charge >= 0.3 is 0 Å². The van der Waals surface area contributed by atoms with Gasteiger partial charge < -0.3 is 9.88 Å². The van der Waals surface area contributed by atoms with Gasteiger partial charge in [-0.05, 0) is 19.9 Å². The zero-order chi connectivity index (χ0) is 11.7. The summed E-state index contributed by atoms with van der Waals surface area (Å²) < 4.78 is 2.37. The number of nitrogens with one attached hydrogen (secondary N) is 1. The normalized spacial score (nSPS) is 13.9. The molecule has 0 bridgehead atoms. The summed E-state index contributed by atoms with van der Waals surface area (Å²) in [6.45, 7) is 1.96. The van der Waals surface area contributed by atoms with E-state index >= 15 is 0 Å². The van der Waals surface area contributed by atoms with Crippen molar-refractivity contribution >= 4 is 0 Å². The van der Waals surface area contributed by atoms with E-state index in [1.165, 1.54) is 29.2 Å². The minimum atomic E-state index is 0.847. The second-order valence-electron chi connectivity index (χ2n) is 4.47. The van der Waals surface area contributed by atoms with Gasteiger partial charge in [-0.15, -0.1) is 0 Å². The molecule has 88 valence electrons. The highest BCUT2D eigenvalue weighted by Crippen LogP contribution is 2.29. The smallest absolute Gasteiger partial charge is 0.123 e. The summed E-state index contributed by atoms with van der Waals surface area (Å²) in [5.74, 6) is 1.17. The van der Waals surface area contributed by atoms with Crippen molar-refractivity contribution in [1.82, 2.24) is 14.9 Å². The van der Waals surface area contributed by atoms with Gasteiger partial charge in [0.25, 0.3) is 0 Å². The molecule has 17 heavy (non-hydrogen) atoms. The first-order valence-electron chi connectivity index (χ1n) is 6.18. The lowest BCUT2D eigenvalue weighted by Gasteiger charge is -2.01. The fourth-order valence-electron chi connectivity index (χ4n) is 2.58. The van der Waals surface area contributed by atoms with Crippen molar-refractivity contribution in [3.63, 3.8) is 0 Å². The van der Waals surface area contributed by atoms with E-state index in [9.17, 15) is 0 Å². The van der Waals surface area contributed by atoms with Crippen LogP contribution in [0.5, 0.6) is 0 Å². The molecule has 2 heterocycles. The number of imidazole rings is 1. The maximum Gasteiger partial charge on any atom is 0.123 e. The first kappa shape index (κ1) is 10.5. The lowest BCUT2D eigenvalue weighted by molar-refractivity contribution is 0.653. The Hall–Kier alpha value is -1.61. The molecule has 0 amide bonds. The molecule has 3 nitrogen and oxygen atoms in total. The van der Waals surface area contributed by atoms with E-state index in [0.29, 0.717) is 0 Å². The molecule has 1 aliphatic rings. The standard InChI is InChI=1S/C14H17N3/c1-15-10-13-16-14(11-6-3-2-4-7-11)12-8-5-9-17(12)13/h2-4,6-7,15H,5,8-10H2,1H3. The average Bonchev–Trinajstić information content (AvgIpc) is 2.94. The molecule has 3 rings (SSSR count). The van der Waals surface area contributed by atoms with Crippen LogP contribution in [0, 0.1) is 0 Å². The Morgan fingerprint density at radius 1 is 1.29 bits per heavy atom. The molecule has 0 aliphatic carbocycles. The van der Waals surface area contributed by atoms with Crippen LogP contribution in [0.4, 0.5) is 0 Å². The van der Waals surface area contributed by atoms with Crippen LogP contribution in [0.2, 0.25) is 0 Å². The van der Waals surface area contributed by atoms with Gasteiger partial charge in [0.05, 0.1) is 12.2 Å². The van der Waals surface area contributed by atoms with Crippen LogP contribution >= 0.6 is 0 Å². The van der Waals surface area contributed by atoms with E-state index in [0.717, 1.165) is 19.5 Å². The molecule has 1 aromatic carbocycles. The van der Waals surface area contributed by atoms with Crippen LogP contribution in [0.3, 0.4) is 0 Å². The molecule has 0 radical (unpaired) electrons. The predicted octanol–water partition coefficient (Wildman–Crippen LogP) is 2.22. The van der Waals surface area contributed by atoms with Gasteiger partial charge in [-0.3, -0.25) is 0 Å². The topological polar surface area (TPSA) is 29.9 Å². The fourth-order valence-corrected chi connectivity index (χ4v) is 2.58. The Morgan fingerprint density at radius 2 is 2.12 bits per heavy atom.